The van der Waals surface area contributed by atoms with Gasteiger partial charge in [-0.15, -0.1) is 0 Å². The third-order valence-electron chi connectivity index (χ3n) is 5.26. The van der Waals surface area contributed by atoms with E-state index in [9.17, 15) is 18.8 Å². The number of halogens is 1. The number of para-hydroxylation sites is 1. The van der Waals surface area contributed by atoms with E-state index in [1.807, 2.05) is 0 Å². The highest BCUT2D eigenvalue weighted by Gasteiger charge is 2.35. The average Bonchev–Trinajstić information content (AvgIpc) is 3.05. The summed E-state index contributed by atoms with van der Waals surface area (Å²) >= 11 is 0. The first-order valence-electron chi connectivity index (χ1n) is 10.1. The Balaban J connectivity index is 1.39. The van der Waals surface area contributed by atoms with Gasteiger partial charge in [0.05, 0.1) is 24.2 Å². The summed E-state index contributed by atoms with van der Waals surface area (Å²) < 4.78 is 19.0. The van der Waals surface area contributed by atoms with Crippen LogP contribution in [0, 0.1) is 5.82 Å². The van der Waals surface area contributed by atoms with Gasteiger partial charge in [-0.3, -0.25) is 19.3 Å². The molecule has 1 aliphatic rings. The molecule has 1 heterocycles. The highest BCUT2D eigenvalue weighted by molar-refractivity contribution is 6.21. The fourth-order valence-electron chi connectivity index (χ4n) is 3.54. The van der Waals surface area contributed by atoms with Crippen LogP contribution in [0.4, 0.5) is 4.39 Å². The molecule has 0 fully saturated rings. The highest BCUT2D eigenvalue weighted by atomic mass is 19.1. The van der Waals surface area contributed by atoms with Gasteiger partial charge in [-0.25, -0.2) is 4.39 Å². The monoisotopic (exact) mass is 432 g/mol. The molecule has 0 saturated heterocycles. The molecule has 32 heavy (non-hydrogen) atoms. The molecule has 7 heteroatoms. The van der Waals surface area contributed by atoms with Crippen molar-refractivity contribution in [3.8, 4) is 5.75 Å². The highest BCUT2D eigenvalue weighted by Crippen LogP contribution is 2.24. The number of carbonyl (C=O) groups is 3. The van der Waals surface area contributed by atoms with Crippen LogP contribution in [0.15, 0.2) is 72.8 Å². The molecular weight excluding hydrogens is 411 g/mol. The fourth-order valence-corrected chi connectivity index (χ4v) is 3.54. The van der Waals surface area contributed by atoms with Crippen molar-refractivity contribution >= 4 is 17.7 Å². The third kappa shape index (κ3) is 4.23. The first-order valence-corrected chi connectivity index (χ1v) is 10.1. The summed E-state index contributed by atoms with van der Waals surface area (Å²) in [6.45, 7) is 0.473. The predicted molar refractivity (Wildman–Crippen MR) is 116 cm³/mol. The molecule has 4 rings (SSSR count). The number of benzene rings is 3. The zero-order valence-corrected chi connectivity index (χ0v) is 17.5. The Kier molecular flexibility index (Phi) is 5.98. The Bertz CT molecular complexity index is 1160. The van der Waals surface area contributed by atoms with Crippen molar-refractivity contribution in [3.05, 3.63) is 101 Å². The Morgan fingerprint density at radius 1 is 0.938 bits per heavy atom. The minimum atomic E-state index is -0.456. The van der Waals surface area contributed by atoms with E-state index in [0.29, 0.717) is 22.3 Å². The molecule has 1 aliphatic heterocycles. The number of carbonyl (C=O) groups excluding carboxylic acids is 3. The van der Waals surface area contributed by atoms with Crippen LogP contribution in [0.3, 0.4) is 0 Å². The van der Waals surface area contributed by atoms with Crippen molar-refractivity contribution < 1.29 is 23.5 Å². The molecule has 0 aliphatic carbocycles. The quantitative estimate of drug-likeness (QED) is 0.533. The molecule has 0 aromatic heterocycles. The lowest BCUT2D eigenvalue weighted by Crippen LogP contribution is -2.31. The Morgan fingerprint density at radius 2 is 1.59 bits per heavy atom. The predicted octanol–water partition coefficient (Wildman–Crippen LogP) is 3.77. The van der Waals surface area contributed by atoms with Gasteiger partial charge in [-0.1, -0.05) is 36.4 Å². The van der Waals surface area contributed by atoms with Gasteiger partial charge in [0.25, 0.3) is 17.7 Å². The molecular formula is C25H21FN2O4. The number of amides is 3. The number of imide groups is 1. The lowest BCUT2D eigenvalue weighted by atomic mass is 10.1. The van der Waals surface area contributed by atoms with E-state index in [4.69, 9.17) is 4.74 Å². The van der Waals surface area contributed by atoms with Crippen LogP contribution in [0.25, 0.3) is 0 Å². The number of rotatable bonds is 7. The van der Waals surface area contributed by atoms with Gasteiger partial charge in [0.1, 0.15) is 6.61 Å². The van der Waals surface area contributed by atoms with Gasteiger partial charge in [0, 0.05) is 12.6 Å². The smallest absolute Gasteiger partial charge is 0.261 e. The summed E-state index contributed by atoms with van der Waals surface area (Å²) in [7, 11) is 1.63. The Morgan fingerprint density at radius 3 is 2.28 bits per heavy atom. The molecule has 3 aromatic carbocycles. The van der Waals surface area contributed by atoms with Crippen molar-refractivity contribution in [2.45, 2.75) is 6.54 Å². The molecule has 0 atom stereocenters. The van der Waals surface area contributed by atoms with E-state index in [1.54, 1.807) is 67.7 Å². The molecule has 162 valence electrons. The summed E-state index contributed by atoms with van der Waals surface area (Å²) in [6, 6.07) is 19.6. The van der Waals surface area contributed by atoms with Crippen molar-refractivity contribution in [2.75, 3.05) is 20.2 Å². The number of hydrogen-bond acceptors (Lipinski definition) is 4. The topological polar surface area (TPSA) is 66.9 Å². The van der Waals surface area contributed by atoms with E-state index >= 15 is 0 Å². The first kappa shape index (κ1) is 21.2. The maximum Gasteiger partial charge on any atom is 0.261 e. The molecule has 0 unspecified atom stereocenters. The molecule has 3 amide bonds. The minimum Gasteiger partial charge on any atom is -0.489 e. The number of likely N-dealkylation sites (N-methyl/N-ethyl adjacent to an activating group) is 1. The van der Waals surface area contributed by atoms with Crippen molar-refractivity contribution in [2.24, 2.45) is 0 Å². The molecule has 0 spiro atoms. The maximum absolute atomic E-state index is 13.6. The maximum atomic E-state index is 13.6. The molecule has 0 bridgehead atoms. The third-order valence-corrected chi connectivity index (χ3v) is 5.26. The summed E-state index contributed by atoms with van der Waals surface area (Å²) in [5, 5.41) is 0. The van der Waals surface area contributed by atoms with E-state index in [1.165, 1.54) is 21.9 Å². The molecule has 0 saturated carbocycles. The Hall–Kier alpha value is -4.00. The number of fused-ring (bicyclic) bond motifs is 1. The van der Waals surface area contributed by atoms with Crippen LogP contribution in [-0.2, 0) is 6.54 Å². The van der Waals surface area contributed by atoms with Crippen LogP contribution in [0.5, 0.6) is 5.75 Å². The number of hydrogen-bond donors (Lipinski definition) is 0. The van der Waals surface area contributed by atoms with Gasteiger partial charge in [0.2, 0.25) is 0 Å². The van der Waals surface area contributed by atoms with Crippen LogP contribution in [0.2, 0.25) is 0 Å². The standard InChI is InChI=1S/C25H21FN2O4/c1-27(13-14-32-22-12-5-4-11-21(22)26)23(29)18-8-6-7-17(15-18)16-28-24(30)19-9-2-3-10-20(19)25(28)31/h2-12,15H,13-14,16H2,1H3. The summed E-state index contributed by atoms with van der Waals surface area (Å²) in [5.41, 5.74) is 1.87. The Labute approximate surface area is 184 Å². The van der Waals surface area contributed by atoms with E-state index in [2.05, 4.69) is 0 Å². The van der Waals surface area contributed by atoms with Crippen molar-refractivity contribution in [1.29, 1.82) is 0 Å². The van der Waals surface area contributed by atoms with Gasteiger partial charge in [-0.05, 0) is 42.0 Å². The molecule has 0 radical (unpaired) electrons. The lowest BCUT2D eigenvalue weighted by Gasteiger charge is -2.19. The fraction of sp³-hybridized carbons (Fsp3) is 0.160. The second kappa shape index (κ2) is 9.01. The largest absolute Gasteiger partial charge is 0.489 e. The number of nitrogens with zero attached hydrogens (tertiary/aromatic N) is 2. The van der Waals surface area contributed by atoms with E-state index < -0.39 is 5.82 Å². The average molecular weight is 432 g/mol. The van der Waals surface area contributed by atoms with Crippen LogP contribution < -0.4 is 4.74 Å². The first-order chi connectivity index (χ1) is 15.5. The van der Waals surface area contributed by atoms with Crippen LogP contribution in [-0.4, -0.2) is 47.7 Å². The van der Waals surface area contributed by atoms with Gasteiger partial charge in [0.15, 0.2) is 11.6 Å². The van der Waals surface area contributed by atoms with Crippen LogP contribution in [0.1, 0.15) is 36.6 Å². The van der Waals surface area contributed by atoms with Gasteiger partial charge in [-0.2, -0.15) is 0 Å². The molecule has 3 aromatic rings. The van der Waals surface area contributed by atoms with Gasteiger partial charge < -0.3 is 9.64 Å². The summed E-state index contributed by atoms with van der Waals surface area (Å²) in [5.74, 6) is -1.25. The van der Waals surface area contributed by atoms with E-state index in [0.717, 1.165) is 0 Å². The lowest BCUT2D eigenvalue weighted by molar-refractivity contribution is 0.0642. The normalized spacial score (nSPS) is 12.6. The van der Waals surface area contributed by atoms with E-state index in [-0.39, 0.29) is 43.2 Å². The zero-order valence-electron chi connectivity index (χ0n) is 17.5. The van der Waals surface area contributed by atoms with Crippen LogP contribution >= 0.6 is 0 Å². The molecule has 6 nitrogen and oxygen atoms in total. The molecule has 0 N–H and O–H groups in total. The SMILES string of the molecule is CN(CCOc1ccccc1F)C(=O)c1cccc(CN2C(=O)c3ccccc3C2=O)c1. The number of ether oxygens (including phenoxy) is 1. The summed E-state index contributed by atoms with van der Waals surface area (Å²) in [6.07, 6.45) is 0. The van der Waals surface area contributed by atoms with Crippen molar-refractivity contribution in [3.63, 3.8) is 0 Å². The second-order valence-electron chi connectivity index (χ2n) is 7.45. The second-order valence-corrected chi connectivity index (χ2v) is 7.45. The minimum absolute atomic E-state index is 0.0770. The summed E-state index contributed by atoms with van der Waals surface area (Å²) in [4.78, 5) is 40.6. The van der Waals surface area contributed by atoms with Gasteiger partial charge >= 0.3 is 0 Å². The van der Waals surface area contributed by atoms with Crippen molar-refractivity contribution in [1.82, 2.24) is 9.80 Å². The zero-order chi connectivity index (χ0) is 22.7.